The van der Waals surface area contributed by atoms with Gasteiger partial charge in [0.25, 0.3) is 0 Å². The van der Waals surface area contributed by atoms with Crippen molar-refractivity contribution >= 4 is 11.8 Å². The Morgan fingerprint density at radius 2 is 2.10 bits per heavy atom. The van der Waals surface area contributed by atoms with Crippen LogP contribution in [0.2, 0.25) is 0 Å². The summed E-state index contributed by atoms with van der Waals surface area (Å²) in [5, 5.41) is 9.97. The first-order valence-corrected chi connectivity index (χ1v) is 7.64. The number of nitrogens with zero attached hydrogens (tertiary/aromatic N) is 2. The molecular weight excluding hydrogens is 256 g/mol. The van der Waals surface area contributed by atoms with Crippen molar-refractivity contribution in [3.05, 3.63) is 0 Å². The highest BCUT2D eigenvalue weighted by molar-refractivity contribution is 5.88. The van der Waals surface area contributed by atoms with Gasteiger partial charge in [0, 0.05) is 26.6 Å². The zero-order chi connectivity index (χ0) is 14.9. The first kappa shape index (κ1) is 15.3. The smallest absolute Gasteiger partial charge is 0.245 e. The highest BCUT2D eigenvalue weighted by atomic mass is 16.3. The van der Waals surface area contributed by atoms with Crippen LogP contribution in [0.25, 0.3) is 0 Å². The third-order valence-corrected chi connectivity index (χ3v) is 4.33. The summed E-state index contributed by atoms with van der Waals surface area (Å²) in [7, 11) is 1.73. The molecule has 0 aromatic rings. The van der Waals surface area contributed by atoms with Crippen LogP contribution in [0.5, 0.6) is 0 Å². The molecule has 0 aromatic carbocycles. The topological polar surface area (TPSA) is 60.9 Å². The van der Waals surface area contributed by atoms with E-state index in [1.54, 1.807) is 16.8 Å². The van der Waals surface area contributed by atoms with Crippen molar-refractivity contribution in [3.8, 4) is 0 Å². The lowest BCUT2D eigenvalue weighted by atomic mass is 10.0. The van der Waals surface area contributed by atoms with Crippen LogP contribution in [-0.4, -0.2) is 59.0 Å². The van der Waals surface area contributed by atoms with Crippen LogP contribution in [0.3, 0.4) is 0 Å². The normalized spacial score (nSPS) is 22.2. The minimum absolute atomic E-state index is 0.0463. The Hall–Kier alpha value is -1.10. The van der Waals surface area contributed by atoms with Crippen molar-refractivity contribution in [2.45, 2.75) is 51.7 Å². The van der Waals surface area contributed by atoms with Gasteiger partial charge in [-0.3, -0.25) is 9.59 Å². The average molecular weight is 282 g/mol. The van der Waals surface area contributed by atoms with E-state index >= 15 is 0 Å². The number of rotatable bonds is 6. The Balaban J connectivity index is 2.00. The Labute approximate surface area is 120 Å². The van der Waals surface area contributed by atoms with Gasteiger partial charge in [-0.05, 0) is 31.1 Å². The van der Waals surface area contributed by atoms with Gasteiger partial charge >= 0.3 is 0 Å². The third kappa shape index (κ3) is 3.32. The fourth-order valence-electron chi connectivity index (χ4n) is 2.97. The molecule has 114 valence electrons. The van der Waals surface area contributed by atoms with Crippen molar-refractivity contribution in [1.29, 1.82) is 0 Å². The summed E-state index contributed by atoms with van der Waals surface area (Å²) >= 11 is 0. The standard InChI is InChI=1S/C15H26N2O3/c1-10(2)14(17-8-4-5-13(17)19)15(20)16(3)9-12(18)11-6-7-11/h10-12,14,18H,4-9H2,1-3H3. The highest BCUT2D eigenvalue weighted by Crippen LogP contribution is 2.33. The van der Waals surface area contributed by atoms with Gasteiger partial charge in [-0.25, -0.2) is 0 Å². The molecule has 0 radical (unpaired) electrons. The quantitative estimate of drug-likeness (QED) is 0.786. The molecular formula is C15H26N2O3. The maximum absolute atomic E-state index is 12.6. The summed E-state index contributed by atoms with van der Waals surface area (Å²) in [6.45, 7) is 4.99. The van der Waals surface area contributed by atoms with Gasteiger partial charge in [0.2, 0.25) is 11.8 Å². The number of aliphatic hydroxyl groups is 1. The molecule has 2 atom stereocenters. The van der Waals surface area contributed by atoms with E-state index in [-0.39, 0.29) is 23.8 Å². The summed E-state index contributed by atoms with van der Waals surface area (Å²) in [5.41, 5.74) is 0. The fraction of sp³-hybridized carbons (Fsp3) is 0.867. The van der Waals surface area contributed by atoms with E-state index in [1.807, 2.05) is 13.8 Å². The van der Waals surface area contributed by atoms with Crippen LogP contribution in [0.4, 0.5) is 0 Å². The monoisotopic (exact) mass is 282 g/mol. The maximum Gasteiger partial charge on any atom is 0.245 e. The number of likely N-dealkylation sites (tertiary alicyclic amines) is 1. The van der Waals surface area contributed by atoms with Crippen molar-refractivity contribution in [3.63, 3.8) is 0 Å². The second kappa shape index (κ2) is 6.12. The molecule has 0 aromatic heterocycles. The molecule has 0 bridgehead atoms. The fourth-order valence-corrected chi connectivity index (χ4v) is 2.97. The van der Waals surface area contributed by atoms with Crippen molar-refractivity contribution in [1.82, 2.24) is 9.80 Å². The molecule has 2 amide bonds. The van der Waals surface area contributed by atoms with Crippen molar-refractivity contribution < 1.29 is 14.7 Å². The second-order valence-electron chi connectivity index (χ2n) is 6.50. The van der Waals surface area contributed by atoms with E-state index < -0.39 is 6.10 Å². The number of hydrogen-bond donors (Lipinski definition) is 1. The number of carbonyl (C=O) groups is 2. The van der Waals surface area contributed by atoms with E-state index in [4.69, 9.17) is 0 Å². The molecule has 2 rings (SSSR count). The van der Waals surface area contributed by atoms with Crippen LogP contribution in [0.1, 0.15) is 39.5 Å². The summed E-state index contributed by atoms with van der Waals surface area (Å²) in [4.78, 5) is 27.8. The third-order valence-electron chi connectivity index (χ3n) is 4.33. The van der Waals surface area contributed by atoms with Gasteiger partial charge in [0.05, 0.1) is 6.10 Å². The summed E-state index contributed by atoms with van der Waals surface area (Å²) in [6, 6.07) is -0.388. The summed E-state index contributed by atoms with van der Waals surface area (Å²) in [5.74, 6) is 0.476. The van der Waals surface area contributed by atoms with Crippen LogP contribution < -0.4 is 0 Å². The number of likely N-dealkylation sites (N-methyl/N-ethyl adjacent to an activating group) is 1. The molecule has 1 saturated carbocycles. The molecule has 1 aliphatic heterocycles. The largest absolute Gasteiger partial charge is 0.391 e. The number of aliphatic hydroxyl groups excluding tert-OH is 1. The molecule has 1 saturated heterocycles. The van der Waals surface area contributed by atoms with E-state index in [9.17, 15) is 14.7 Å². The molecule has 0 spiro atoms. The highest BCUT2D eigenvalue weighted by Gasteiger charge is 2.38. The predicted molar refractivity (Wildman–Crippen MR) is 75.9 cm³/mol. The van der Waals surface area contributed by atoms with Gasteiger partial charge in [0.15, 0.2) is 0 Å². The van der Waals surface area contributed by atoms with E-state index in [2.05, 4.69) is 0 Å². The molecule has 2 aliphatic rings. The SMILES string of the molecule is CC(C)C(C(=O)N(C)CC(O)C1CC1)N1CCCC1=O. The van der Waals surface area contributed by atoms with Crippen LogP contribution in [0, 0.1) is 11.8 Å². The molecule has 2 fully saturated rings. The lowest BCUT2D eigenvalue weighted by Gasteiger charge is -2.33. The summed E-state index contributed by atoms with van der Waals surface area (Å²) < 4.78 is 0. The van der Waals surface area contributed by atoms with E-state index in [0.29, 0.717) is 25.4 Å². The van der Waals surface area contributed by atoms with Gasteiger partial charge < -0.3 is 14.9 Å². The van der Waals surface area contributed by atoms with Crippen molar-refractivity contribution in [2.75, 3.05) is 20.1 Å². The Morgan fingerprint density at radius 1 is 1.45 bits per heavy atom. The molecule has 1 heterocycles. The first-order chi connectivity index (χ1) is 9.41. The van der Waals surface area contributed by atoms with Gasteiger partial charge in [-0.15, -0.1) is 0 Å². The maximum atomic E-state index is 12.6. The molecule has 5 nitrogen and oxygen atoms in total. The van der Waals surface area contributed by atoms with Crippen LogP contribution in [0.15, 0.2) is 0 Å². The zero-order valence-electron chi connectivity index (χ0n) is 12.7. The minimum atomic E-state index is -0.425. The second-order valence-corrected chi connectivity index (χ2v) is 6.50. The minimum Gasteiger partial charge on any atom is -0.391 e. The molecule has 1 aliphatic carbocycles. The number of carbonyl (C=O) groups excluding carboxylic acids is 2. The van der Waals surface area contributed by atoms with Crippen LogP contribution >= 0.6 is 0 Å². The zero-order valence-corrected chi connectivity index (χ0v) is 12.7. The molecule has 2 unspecified atom stereocenters. The summed E-state index contributed by atoms with van der Waals surface area (Å²) in [6.07, 6.45) is 3.07. The molecule has 1 N–H and O–H groups in total. The van der Waals surface area contributed by atoms with E-state index in [1.165, 1.54) is 0 Å². The van der Waals surface area contributed by atoms with Crippen molar-refractivity contribution in [2.24, 2.45) is 11.8 Å². The first-order valence-electron chi connectivity index (χ1n) is 7.64. The average Bonchev–Trinajstić information content (AvgIpc) is 3.14. The lowest BCUT2D eigenvalue weighted by Crippen LogP contribution is -2.52. The van der Waals surface area contributed by atoms with Gasteiger partial charge in [-0.2, -0.15) is 0 Å². The molecule has 5 heteroatoms. The van der Waals surface area contributed by atoms with Gasteiger partial charge in [0.1, 0.15) is 6.04 Å². The van der Waals surface area contributed by atoms with Gasteiger partial charge in [-0.1, -0.05) is 13.8 Å². The predicted octanol–water partition coefficient (Wildman–Crippen LogP) is 0.863. The Bertz CT molecular complexity index is 379. The van der Waals surface area contributed by atoms with E-state index in [0.717, 1.165) is 19.3 Å². The number of hydrogen-bond acceptors (Lipinski definition) is 3. The Kier molecular flexibility index (Phi) is 4.68. The van der Waals surface area contributed by atoms with Crippen LogP contribution in [-0.2, 0) is 9.59 Å². The molecule has 20 heavy (non-hydrogen) atoms. The lowest BCUT2D eigenvalue weighted by molar-refractivity contribution is -0.145. The number of amides is 2. The Morgan fingerprint density at radius 3 is 2.55 bits per heavy atom.